The van der Waals surface area contributed by atoms with Gasteiger partial charge in [0.1, 0.15) is 11.2 Å². The van der Waals surface area contributed by atoms with Gasteiger partial charge in [-0.25, -0.2) is 9.97 Å². The number of benzene rings is 1. The van der Waals surface area contributed by atoms with Crippen LogP contribution in [0, 0.1) is 0 Å². The van der Waals surface area contributed by atoms with E-state index in [1.807, 2.05) is 6.20 Å². The highest BCUT2D eigenvalue weighted by molar-refractivity contribution is 7.99. The number of alkyl halides is 3. The minimum Gasteiger partial charge on any atom is -0.310 e. The van der Waals surface area contributed by atoms with Crippen molar-refractivity contribution in [3.63, 3.8) is 0 Å². The molecule has 154 valence electrons. The van der Waals surface area contributed by atoms with E-state index in [2.05, 4.69) is 40.1 Å². The van der Waals surface area contributed by atoms with Crippen molar-refractivity contribution < 1.29 is 13.2 Å². The number of rotatable bonds is 4. The minimum absolute atomic E-state index is 0.209. The van der Waals surface area contributed by atoms with Gasteiger partial charge in [-0.15, -0.1) is 11.8 Å². The molecular weight excluding hydrogens is 409 g/mol. The molecule has 0 unspecified atom stereocenters. The van der Waals surface area contributed by atoms with E-state index >= 15 is 0 Å². The van der Waals surface area contributed by atoms with Gasteiger partial charge < -0.3 is 4.57 Å². The molecule has 0 N–H and O–H groups in total. The number of halogens is 3. The Hall–Kier alpha value is -2.61. The van der Waals surface area contributed by atoms with Gasteiger partial charge in [-0.1, -0.05) is 19.1 Å². The maximum atomic E-state index is 13.1. The third-order valence-corrected chi connectivity index (χ3v) is 6.44. The average molecular weight is 428 g/mol. The summed E-state index contributed by atoms with van der Waals surface area (Å²) in [5.74, 6) is 2.02. The molecule has 1 aliphatic rings. The zero-order valence-electron chi connectivity index (χ0n) is 16.5. The quantitative estimate of drug-likeness (QED) is 0.364. The van der Waals surface area contributed by atoms with Crippen LogP contribution < -0.4 is 0 Å². The van der Waals surface area contributed by atoms with E-state index in [0.29, 0.717) is 23.1 Å². The van der Waals surface area contributed by atoms with Crippen LogP contribution in [0.2, 0.25) is 0 Å². The second kappa shape index (κ2) is 6.97. The van der Waals surface area contributed by atoms with Gasteiger partial charge in [0.2, 0.25) is 0 Å². The predicted molar refractivity (Wildman–Crippen MR) is 113 cm³/mol. The third-order valence-electron chi connectivity index (χ3n) is 5.45. The Morgan fingerprint density at radius 3 is 2.63 bits per heavy atom. The molecule has 0 amide bonds. The lowest BCUT2D eigenvalue weighted by Crippen LogP contribution is -2.05. The molecule has 0 bridgehead atoms. The molecule has 3 aromatic heterocycles. The standard InChI is InChI=1S/C22H19F3N4S/c1-3-30-19-16-7-6-13(12-4-5-12)8-14(16)10-26-18(19)21-28-17-9-15(22(23,24)25)11-27-20(17)29(21)2/h6-12H,3-5H2,1-2H3. The third kappa shape index (κ3) is 3.23. The van der Waals surface area contributed by atoms with Crippen molar-refractivity contribution in [1.29, 1.82) is 0 Å². The van der Waals surface area contributed by atoms with Crippen LogP contribution in [0.4, 0.5) is 13.2 Å². The summed E-state index contributed by atoms with van der Waals surface area (Å²) < 4.78 is 41.0. The molecule has 4 aromatic rings. The van der Waals surface area contributed by atoms with Crippen LogP contribution in [-0.2, 0) is 13.2 Å². The zero-order valence-corrected chi connectivity index (χ0v) is 17.3. The van der Waals surface area contributed by atoms with Crippen LogP contribution in [0.15, 0.2) is 41.6 Å². The van der Waals surface area contributed by atoms with E-state index < -0.39 is 11.7 Å². The SMILES string of the molecule is CCSc1c(-c2nc3cc(C(F)(F)F)cnc3n2C)ncc2cc(C3CC3)ccc12. The second-order valence-corrected chi connectivity index (χ2v) is 8.82. The molecule has 8 heteroatoms. The monoisotopic (exact) mass is 428 g/mol. The molecule has 4 nitrogen and oxygen atoms in total. The van der Waals surface area contributed by atoms with Crippen molar-refractivity contribution in [3.8, 4) is 11.5 Å². The summed E-state index contributed by atoms with van der Waals surface area (Å²) in [5.41, 5.74) is 1.82. The molecule has 0 atom stereocenters. The van der Waals surface area contributed by atoms with Gasteiger partial charge in [-0.05, 0) is 47.6 Å². The molecule has 1 saturated carbocycles. The molecule has 0 aliphatic heterocycles. The fourth-order valence-electron chi connectivity index (χ4n) is 3.78. The molecule has 3 heterocycles. The van der Waals surface area contributed by atoms with Crippen LogP contribution >= 0.6 is 11.8 Å². The molecule has 0 radical (unpaired) electrons. The highest BCUT2D eigenvalue weighted by atomic mass is 32.2. The van der Waals surface area contributed by atoms with E-state index in [1.165, 1.54) is 18.4 Å². The highest BCUT2D eigenvalue weighted by Crippen LogP contribution is 2.43. The van der Waals surface area contributed by atoms with E-state index in [-0.39, 0.29) is 5.52 Å². The Bertz CT molecular complexity index is 1280. The van der Waals surface area contributed by atoms with Crippen molar-refractivity contribution in [3.05, 3.63) is 47.8 Å². The lowest BCUT2D eigenvalue weighted by atomic mass is 10.0. The van der Waals surface area contributed by atoms with E-state index in [0.717, 1.165) is 33.7 Å². The summed E-state index contributed by atoms with van der Waals surface area (Å²) in [6, 6.07) is 7.56. The Labute approximate surface area is 175 Å². The molecule has 1 aromatic carbocycles. The number of aryl methyl sites for hydroxylation is 1. The highest BCUT2D eigenvalue weighted by Gasteiger charge is 2.32. The van der Waals surface area contributed by atoms with Gasteiger partial charge in [-0.3, -0.25) is 4.98 Å². The number of thioether (sulfide) groups is 1. The Kier molecular flexibility index (Phi) is 4.50. The van der Waals surface area contributed by atoms with E-state index in [1.54, 1.807) is 23.4 Å². The van der Waals surface area contributed by atoms with Gasteiger partial charge in [0.05, 0.1) is 5.56 Å². The molecule has 5 rings (SSSR count). The molecule has 30 heavy (non-hydrogen) atoms. The Morgan fingerprint density at radius 1 is 1.13 bits per heavy atom. The average Bonchev–Trinajstić information content (AvgIpc) is 3.52. The second-order valence-electron chi connectivity index (χ2n) is 7.55. The summed E-state index contributed by atoms with van der Waals surface area (Å²) in [4.78, 5) is 14.2. The van der Waals surface area contributed by atoms with Crippen molar-refractivity contribution in [2.45, 2.75) is 36.8 Å². The fourth-order valence-corrected chi connectivity index (χ4v) is 4.69. The molecule has 0 spiro atoms. The molecule has 1 fully saturated rings. The first-order chi connectivity index (χ1) is 14.4. The van der Waals surface area contributed by atoms with Crippen LogP contribution in [0.25, 0.3) is 33.5 Å². The predicted octanol–water partition coefficient (Wildman–Crippen LogP) is 6.19. The number of pyridine rings is 2. The number of aromatic nitrogens is 4. The van der Waals surface area contributed by atoms with Crippen molar-refractivity contribution in [1.82, 2.24) is 19.5 Å². The van der Waals surface area contributed by atoms with Crippen molar-refractivity contribution in [2.24, 2.45) is 7.05 Å². The Balaban J connectivity index is 1.69. The van der Waals surface area contributed by atoms with Gasteiger partial charge in [-0.2, -0.15) is 13.2 Å². The number of fused-ring (bicyclic) bond motifs is 2. The lowest BCUT2D eigenvalue weighted by molar-refractivity contribution is -0.137. The normalized spacial score (nSPS) is 14.7. The van der Waals surface area contributed by atoms with Gasteiger partial charge >= 0.3 is 6.18 Å². The lowest BCUT2D eigenvalue weighted by Gasteiger charge is -2.12. The fraction of sp³-hybridized carbons (Fsp3) is 0.318. The number of hydrogen-bond donors (Lipinski definition) is 0. The largest absolute Gasteiger partial charge is 0.417 e. The Morgan fingerprint density at radius 2 is 1.93 bits per heavy atom. The first-order valence-electron chi connectivity index (χ1n) is 9.82. The zero-order chi connectivity index (χ0) is 21.0. The topological polar surface area (TPSA) is 43.6 Å². The maximum absolute atomic E-state index is 13.1. The minimum atomic E-state index is -4.46. The first-order valence-corrected chi connectivity index (χ1v) is 10.8. The summed E-state index contributed by atoms with van der Waals surface area (Å²) in [7, 11) is 1.76. The van der Waals surface area contributed by atoms with Crippen LogP contribution in [0.1, 0.15) is 36.8 Å². The van der Waals surface area contributed by atoms with Gasteiger partial charge in [0, 0.05) is 29.7 Å². The summed E-state index contributed by atoms with van der Waals surface area (Å²) >= 11 is 1.67. The van der Waals surface area contributed by atoms with E-state index in [4.69, 9.17) is 0 Å². The summed E-state index contributed by atoms with van der Waals surface area (Å²) in [6.45, 7) is 2.07. The molecular formula is C22H19F3N4S. The number of hydrogen-bond acceptors (Lipinski definition) is 4. The summed E-state index contributed by atoms with van der Waals surface area (Å²) in [5, 5.41) is 2.17. The smallest absolute Gasteiger partial charge is 0.310 e. The van der Waals surface area contributed by atoms with Gasteiger partial charge in [0.25, 0.3) is 0 Å². The van der Waals surface area contributed by atoms with Gasteiger partial charge in [0.15, 0.2) is 11.5 Å². The van der Waals surface area contributed by atoms with Crippen molar-refractivity contribution in [2.75, 3.05) is 5.75 Å². The first kappa shape index (κ1) is 19.4. The van der Waals surface area contributed by atoms with Crippen molar-refractivity contribution >= 4 is 33.7 Å². The molecule has 1 aliphatic carbocycles. The molecule has 0 saturated heterocycles. The number of imidazole rings is 1. The summed E-state index contributed by atoms with van der Waals surface area (Å²) in [6.07, 6.45) is 0.705. The number of nitrogens with zero attached hydrogens (tertiary/aromatic N) is 4. The van der Waals surface area contributed by atoms with Crippen LogP contribution in [-0.4, -0.2) is 25.3 Å². The van der Waals surface area contributed by atoms with E-state index in [9.17, 15) is 13.2 Å². The van der Waals surface area contributed by atoms with Crippen LogP contribution in [0.5, 0.6) is 0 Å². The van der Waals surface area contributed by atoms with Crippen LogP contribution in [0.3, 0.4) is 0 Å². The maximum Gasteiger partial charge on any atom is 0.417 e.